The number of benzene rings is 2. The molecule has 0 bridgehead atoms. The molecule has 1 aliphatic rings. The van der Waals surface area contributed by atoms with Crippen LogP contribution in [0.1, 0.15) is 23.6 Å². The molecule has 0 saturated heterocycles. The van der Waals surface area contributed by atoms with Gasteiger partial charge in [0, 0.05) is 18.6 Å². The zero-order valence-electron chi connectivity index (χ0n) is 15.8. The Hall–Kier alpha value is -3.22. The summed E-state index contributed by atoms with van der Waals surface area (Å²) in [6.07, 6.45) is -0.0520. The first kappa shape index (κ1) is 18.6. The van der Waals surface area contributed by atoms with E-state index in [1.807, 2.05) is 30.3 Å². The molecular formula is C20H22N2O5. The van der Waals surface area contributed by atoms with Crippen LogP contribution in [0.5, 0.6) is 17.2 Å². The number of hydrogen-bond donors (Lipinski definition) is 0. The monoisotopic (exact) mass is 370 g/mol. The fourth-order valence-electron chi connectivity index (χ4n) is 3.16. The van der Waals surface area contributed by atoms with Gasteiger partial charge in [-0.15, -0.1) is 0 Å². The predicted octanol–water partition coefficient (Wildman–Crippen LogP) is 3.63. The van der Waals surface area contributed by atoms with Gasteiger partial charge in [-0.1, -0.05) is 30.3 Å². The molecule has 0 aliphatic carbocycles. The van der Waals surface area contributed by atoms with Crippen LogP contribution in [0.2, 0.25) is 0 Å². The Balaban J connectivity index is 2.09. The topological polar surface area (TPSA) is 69.6 Å². The summed E-state index contributed by atoms with van der Waals surface area (Å²) in [5.41, 5.74) is 2.44. The molecule has 142 valence electrons. The molecule has 27 heavy (non-hydrogen) atoms. The average Bonchev–Trinajstić information content (AvgIpc) is 3.17. The summed E-state index contributed by atoms with van der Waals surface area (Å²) < 4.78 is 21.4. The molecule has 1 aliphatic heterocycles. The average molecular weight is 370 g/mol. The summed E-state index contributed by atoms with van der Waals surface area (Å²) in [4.78, 5) is 12.4. The largest absolute Gasteiger partial charge is 0.496 e. The van der Waals surface area contributed by atoms with Gasteiger partial charge in [0.15, 0.2) is 0 Å². The third-order valence-electron chi connectivity index (χ3n) is 4.47. The maximum Gasteiger partial charge on any atom is 0.430 e. The number of carbonyl (C=O) groups is 1. The molecule has 7 nitrogen and oxygen atoms in total. The van der Waals surface area contributed by atoms with Gasteiger partial charge < -0.3 is 18.9 Å². The van der Waals surface area contributed by atoms with E-state index in [0.717, 1.165) is 11.3 Å². The quantitative estimate of drug-likeness (QED) is 0.804. The van der Waals surface area contributed by atoms with Gasteiger partial charge in [-0.3, -0.25) is 0 Å². The van der Waals surface area contributed by atoms with Crippen molar-refractivity contribution in [2.24, 2.45) is 5.10 Å². The fraction of sp³-hybridized carbons (Fsp3) is 0.300. The van der Waals surface area contributed by atoms with Gasteiger partial charge in [0.25, 0.3) is 0 Å². The van der Waals surface area contributed by atoms with Crippen molar-refractivity contribution in [1.82, 2.24) is 5.01 Å². The number of hydrazone groups is 1. The minimum Gasteiger partial charge on any atom is -0.496 e. The van der Waals surface area contributed by atoms with Crippen LogP contribution in [-0.2, 0) is 4.74 Å². The lowest BCUT2D eigenvalue weighted by Crippen LogP contribution is -2.27. The van der Waals surface area contributed by atoms with Crippen LogP contribution in [0, 0.1) is 0 Å². The van der Waals surface area contributed by atoms with Crippen molar-refractivity contribution in [2.75, 3.05) is 28.4 Å². The van der Waals surface area contributed by atoms with E-state index in [0.29, 0.717) is 29.2 Å². The SMILES string of the molecule is COC(=O)N1N=C(c2ccccc2)CC1c1c(OC)cc(OC)cc1OC. The number of rotatable bonds is 5. The zero-order valence-corrected chi connectivity index (χ0v) is 15.8. The summed E-state index contributed by atoms with van der Waals surface area (Å²) in [6, 6.07) is 12.8. The van der Waals surface area contributed by atoms with Crippen molar-refractivity contribution in [1.29, 1.82) is 0 Å². The van der Waals surface area contributed by atoms with E-state index in [2.05, 4.69) is 5.10 Å². The molecule has 1 amide bonds. The summed E-state index contributed by atoms with van der Waals surface area (Å²) >= 11 is 0. The molecule has 0 radical (unpaired) electrons. The van der Waals surface area contributed by atoms with Crippen LogP contribution < -0.4 is 14.2 Å². The number of hydrogen-bond acceptors (Lipinski definition) is 6. The second-order valence-electron chi connectivity index (χ2n) is 5.89. The Morgan fingerprint density at radius 2 is 1.63 bits per heavy atom. The summed E-state index contributed by atoms with van der Waals surface area (Å²) in [7, 11) is 6.03. The smallest absolute Gasteiger partial charge is 0.430 e. The number of amides is 1. The Morgan fingerprint density at radius 3 is 2.15 bits per heavy atom. The maximum absolute atomic E-state index is 12.4. The van der Waals surface area contributed by atoms with E-state index >= 15 is 0 Å². The van der Waals surface area contributed by atoms with Crippen molar-refractivity contribution < 1.29 is 23.7 Å². The third-order valence-corrected chi connectivity index (χ3v) is 4.47. The number of methoxy groups -OCH3 is 4. The van der Waals surface area contributed by atoms with Gasteiger partial charge in [-0.05, 0) is 5.56 Å². The Bertz CT molecular complexity index is 826. The van der Waals surface area contributed by atoms with Crippen molar-refractivity contribution in [2.45, 2.75) is 12.5 Å². The molecule has 3 rings (SSSR count). The van der Waals surface area contributed by atoms with Crippen molar-refractivity contribution in [3.63, 3.8) is 0 Å². The van der Waals surface area contributed by atoms with Crippen LogP contribution in [0.15, 0.2) is 47.6 Å². The van der Waals surface area contributed by atoms with Crippen LogP contribution in [0.4, 0.5) is 4.79 Å². The van der Waals surface area contributed by atoms with E-state index in [1.54, 1.807) is 33.5 Å². The minimum absolute atomic E-state index is 0.427. The predicted molar refractivity (Wildman–Crippen MR) is 101 cm³/mol. The van der Waals surface area contributed by atoms with E-state index in [9.17, 15) is 4.79 Å². The first-order chi connectivity index (χ1) is 13.1. The summed E-state index contributed by atoms with van der Waals surface area (Å²) in [6.45, 7) is 0. The molecule has 7 heteroatoms. The Kier molecular flexibility index (Phi) is 5.49. The highest BCUT2D eigenvalue weighted by Crippen LogP contribution is 2.44. The van der Waals surface area contributed by atoms with E-state index in [4.69, 9.17) is 18.9 Å². The molecule has 0 spiro atoms. The molecule has 1 heterocycles. The molecule has 0 saturated carbocycles. The first-order valence-electron chi connectivity index (χ1n) is 8.42. The molecule has 0 fully saturated rings. The highest BCUT2D eigenvalue weighted by molar-refractivity contribution is 6.03. The van der Waals surface area contributed by atoms with Gasteiger partial charge in [-0.25, -0.2) is 4.79 Å². The highest BCUT2D eigenvalue weighted by atomic mass is 16.5. The lowest BCUT2D eigenvalue weighted by atomic mass is 9.96. The normalized spacial score (nSPS) is 15.9. The second-order valence-corrected chi connectivity index (χ2v) is 5.89. The standard InChI is InChI=1S/C20H22N2O5/c1-24-14-10-17(25-2)19(18(11-14)26-3)16-12-15(13-8-6-5-7-9-13)21-22(16)20(23)27-4/h5-11,16H,12H2,1-4H3. The molecule has 2 aromatic carbocycles. The van der Waals surface area contributed by atoms with Crippen LogP contribution in [0.3, 0.4) is 0 Å². The molecule has 1 unspecified atom stereocenters. The third kappa shape index (κ3) is 3.53. The van der Waals surface area contributed by atoms with Crippen LogP contribution in [-0.4, -0.2) is 45.3 Å². The van der Waals surface area contributed by atoms with Gasteiger partial charge in [0.1, 0.15) is 17.2 Å². The van der Waals surface area contributed by atoms with E-state index in [1.165, 1.54) is 12.1 Å². The highest BCUT2D eigenvalue weighted by Gasteiger charge is 2.37. The van der Waals surface area contributed by atoms with E-state index < -0.39 is 12.1 Å². The second kappa shape index (κ2) is 7.99. The van der Waals surface area contributed by atoms with Gasteiger partial charge in [-0.2, -0.15) is 10.1 Å². The Morgan fingerprint density at radius 1 is 1.00 bits per heavy atom. The van der Waals surface area contributed by atoms with Crippen molar-refractivity contribution >= 4 is 11.8 Å². The lowest BCUT2D eigenvalue weighted by molar-refractivity contribution is 0.112. The summed E-state index contributed by atoms with van der Waals surface area (Å²) in [5.74, 6) is 1.70. The lowest BCUT2D eigenvalue weighted by Gasteiger charge is -2.24. The van der Waals surface area contributed by atoms with Gasteiger partial charge in [0.05, 0.1) is 45.8 Å². The maximum atomic E-state index is 12.4. The van der Waals surface area contributed by atoms with Crippen molar-refractivity contribution in [3.05, 3.63) is 53.6 Å². The number of ether oxygens (including phenoxy) is 4. The zero-order chi connectivity index (χ0) is 19.4. The molecule has 0 aromatic heterocycles. The van der Waals surface area contributed by atoms with Crippen LogP contribution >= 0.6 is 0 Å². The van der Waals surface area contributed by atoms with Gasteiger partial charge in [0.2, 0.25) is 0 Å². The molecule has 2 aromatic rings. The Labute approximate surface area is 158 Å². The minimum atomic E-state index is -0.550. The number of carbonyl (C=O) groups excluding carboxylic acids is 1. The molecule has 1 atom stereocenters. The fourth-order valence-corrected chi connectivity index (χ4v) is 3.16. The number of nitrogens with zero attached hydrogens (tertiary/aromatic N) is 2. The van der Waals surface area contributed by atoms with Gasteiger partial charge >= 0.3 is 6.09 Å². The molecular weight excluding hydrogens is 348 g/mol. The van der Waals surface area contributed by atoms with Crippen LogP contribution in [0.25, 0.3) is 0 Å². The van der Waals surface area contributed by atoms with Crippen molar-refractivity contribution in [3.8, 4) is 17.2 Å². The van der Waals surface area contributed by atoms with E-state index in [-0.39, 0.29) is 0 Å². The first-order valence-corrected chi connectivity index (χ1v) is 8.42. The summed E-state index contributed by atoms with van der Waals surface area (Å²) in [5, 5.41) is 5.84. The molecule has 0 N–H and O–H groups in total.